The summed E-state index contributed by atoms with van der Waals surface area (Å²) in [6.45, 7) is 7.12. The van der Waals surface area contributed by atoms with E-state index >= 15 is 0 Å². The van der Waals surface area contributed by atoms with Crippen molar-refractivity contribution in [2.24, 2.45) is 5.92 Å². The molecule has 0 unspecified atom stereocenters. The number of benzene rings is 2. The van der Waals surface area contributed by atoms with Gasteiger partial charge in [0.1, 0.15) is 18.0 Å². The number of halogens is 2. The van der Waals surface area contributed by atoms with Crippen LogP contribution in [0, 0.1) is 24.5 Å². The Morgan fingerprint density at radius 2 is 1.69 bits per heavy atom. The molecule has 0 bridgehead atoms. The van der Waals surface area contributed by atoms with Crippen LogP contribution in [0.25, 0.3) is 5.69 Å². The molecule has 0 atom stereocenters. The molecule has 2 aliphatic heterocycles. The third kappa shape index (κ3) is 6.15. The second-order valence-electron chi connectivity index (χ2n) is 9.56. The van der Waals surface area contributed by atoms with E-state index in [2.05, 4.69) is 31.7 Å². The SMILES string of the molecule is Cc1cc(NCC2CCN(C3CCOCC3)CC2)cc(Nc2ncn(-c3cc(F)cc(F)c3)n2)c1.[HH].[HH]. The van der Waals surface area contributed by atoms with Crippen LogP contribution in [0.15, 0.2) is 42.7 Å². The summed E-state index contributed by atoms with van der Waals surface area (Å²) in [5.74, 6) is -0.305. The zero-order chi connectivity index (χ0) is 24.2. The molecule has 0 saturated carbocycles. The quantitative estimate of drug-likeness (QED) is 0.467. The third-order valence-electron chi connectivity index (χ3n) is 6.89. The van der Waals surface area contributed by atoms with E-state index in [9.17, 15) is 8.78 Å². The summed E-state index contributed by atoms with van der Waals surface area (Å²) in [7, 11) is 0. The average Bonchev–Trinajstić information content (AvgIpc) is 3.31. The lowest BCUT2D eigenvalue weighted by Gasteiger charge is -2.39. The van der Waals surface area contributed by atoms with Crippen molar-refractivity contribution in [3.05, 3.63) is 59.9 Å². The molecule has 0 radical (unpaired) electrons. The van der Waals surface area contributed by atoms with Crippen molar-refractivity contribution in [2.45, 2.75) is 38.6 Å². The maximum atomic E-state index is 13.5. The van der Waals surface area contributed by atoms with Crippen molar-refractivity contribution >= 4 is 17.3 Å². The van der Waals surface area contributed by atoms with E-state index in [1.54, 1.807) is 0 Å². The van der Waals surface area contributed by atoms with Gasteiger partial charge in [0.05, 0.1) is 5.69 Å². The average molecular weight is 487 g/mol. The Morgan fingerprint density at radius 3 is 2.43 bits per heavy atom. The van der Waals surface area contributed by atoms with E-state index in [1.807, 2.05) is 19.1 Å². The highest BCUT2D eigenvalue weighted by atomic mass is 19.1. The second kappa shape index (κ2) is 10.7. The van der Waals surface area contributed by atoms with Crippen molar-refractivity contribution in [2.75, 3.05) is 43.5 Å². The number of hydrogen-bond donors (Lipinski definition) is 2. The van der Waals surface area contributed by atoms with Gasteiger partial charge in [-0.05, 0) is 87.5 Å². The van der Waals surface area contributed by atoms with Gasteiger partial charge in [-0.3, -0.25) is 0 Å². The number of likely N-dealkylation sites (tertiary alicyclic amines) is 1. The molecule has 5 rings (SSSR count). The Hall–Kier alpha value is -3.04. The van der Waals surface area contributed by atoms with Gasteiger partial charge in [0, 0.05) is 46.1 Å². The summed E-state index contributed by atoms with van der Waals surface area (Å²) in [5.41, 5.74) is 3.28. The first-order valence-corrected chi connectivity index (χ1v) is 12.3. The standard InChI is InChI=1S/C26H32F2N6O.2H2/c1-18-10-22(29-16-19-2-6-33(7-3-19)24-4-8-35-9-5-24)15-23(11-18)31-26-30-17-34(32-26)25-13-20(27)12-21(28)14-25;;/h10-15,17,19,24,29H,2-9,16H2,1H3,(H,31,32);2*1H. The maximum Gasteiger partial charge on any atom is 0.246 e. The molecule has 9 heteroatoms. The van der Waals surface area contributed by atoms with Crippen molar-refractivity contribution in [3.63, 3.8) is 0 Å². The summed E-state index contributed by atoms with van der Waals surface area (Å²) in [4.78, 5) is 6.89. The molecule has 1 aromatic heterocycles. The minimum absolute atomic E-state index is 0. The lowest BCUT2D eigenvalue weighted by atomic mass is 9.94. The fourth-order valence-corrected chi connectivity index (χ4v) is 5.04. The van der Waals surface area contributed by atoms with Crippen molar-refractivity contribution in [3.8, 4) is 5.69 Å². The predicted molar refractivity (Wildman–Crippen MR) is 137 cm³/mol. The third-order valence-corrected chi connectivity index (χ3v) is 6.89. The first-order chi connectivity index (χ1) is 17.0. The molecule has 2 aliphatic rings. The van der Waals surface area contributed by atoms with E-state index in [0.29, 0.717) is 17.9 Å². The van der Waals surface area contributed by atoms with Gasteiger partial charge >= 0.3 is 0 Å². The van der Waals surface area contributed by atoms with Gasteiger partial charge in [-0.25, -0.2) is 13.5 Å². The summed E-state index contributed by atoms with van der Waals surface area (Å²) >= 11 is 0. The maximum absolute atomic E-state index is 13.5. The summed E-state index contributed by atoms with van der Waals surface area (Å²) in [6.07, 6.45) is 6.17. The lowest BCUT2D eigenvalue weighted by molar-refractivity contribution is 0.0219. The number of aromatic nitrogens is 3. The molecule has 0 spiro atoms. The molecule has 7 nitrogen and oxygen atoms in total. The zero-order valence-corrected chi connectivity index (χ0v) is 20.0. The highest BCUT2D eigenvalue weighted by Crippen LogP contribution is 2.25. The number of hydrogen-bond acceptors (Lipinski definition) is 6. The van der Waals surface area contributed by atoms with Gasteiger partial charge in [-0.2, -0.15) is 4.98 Å². The topological polar surface area (TPSA) is 67.2 Å². The largest absolute Gasteiger partial charge is 0.385 e. The van der Waals surface area contributed by atoms with Gasteiger partial charge in [0.25, 0.3) is 0 Å². The van der Waals surface area contributed by atoms with Gasteiger partial charge in [0.2, 0.25) is 5.95 Å². The zero-order valence-electron chi connectivity index (χ0n) is 20.0. The van der Waals surface area contributed by atoms with Gasteiger partial charge in [-0.1, -0.05) is 0 Å². The number of rotatable bonds is 7. The molecule has 35 heavy (non-hydrogen) atoms. The molecule has 2 N–H and O–H groups in total. The molecule has 2 saturated heterocycles. The molecular weight excluding hydrogens is 450 g/mol. The summed E-state index contributed by atoms with van der Waals surface area (Å²) in [5, 5.41) is 11.1. The van der Waals surface area contributed by atoms with Crippen molar-refractivity contribution in [1.82, 2.24) is 19.7 Å². The molecule has 3 aromatic rings. The van der Waals surface area contributed by atoms with Crippen molar-refractivity contribution in [1.29, 1.82) is 0 Å². The first kappa shape index (κ1) is 23.7. The number of ether oxygens (including phenoxy) is 1. The van der Waals surface area contributed by atoms with Crippen LogP contribution in [-0.2, 0) is 4.74 Å². The molecule has 2 aromatic carbocycles. The molecule has 190 valence electrons. The number of aryl methyl sites for hydroxylation is 1. The van der Waals surface area contributed by atoms with Crippen LogP contribution in [0.4, 0.5) is 26.1 Å². The first-order valence-electron chi connectivity index (χ1n) is 12.3. The molecule has 2 fully saturated rings. The Balaban J connectivity index is 0.00000190. The molecular formula is C26H36F2N6O. The molecule has 0 amide bonds. The number of nitrogens with zero attached hydrogens (tertiary/aromatic N) is 4. The van der Waals surface area contributed by atoms with Crippen LogP contribution in [-0.4, -0.2) is 58.6 Å². The van der Waals surface area contributed by atoms with E-state index in [-0.39, 0.29) is 8.54 Å². The van der Waals surface area contributed by atoms with Crippen LogP contribution in [0.1, 0.15) is 34.1 Å². The number of nitrogens with one attached hydrogen (secondary N) is 2. The lowest BCUT2D eigenvalue weighted by Crippen LogP contribution is -2.44. The van der Waals surface area contributed by atoms with Crippen LogP contribution < -0.4 is 10.6 Å². The van der Waals surface area contributed by atoms with Crippen molar-refractivity contribution < 1.29 is 16.4 Å². The number of piperidine rings is 1. The van der Waals surface area contributed by atoms with Crippen LogP contribution >= 0.6 is 0 Å². The number of anilines is 3. The van der Waals surface area contributed by atoms with Crippen LogP contribution in [0.2, 0.25) is 0 Å². The Kier molecular flexibility index (Phi) is 7.24. The van der Waals surface area contributed by atoms with Crippen LogP contribution in [0.3, 0.4) is 0 Å². The minimum atomic E-state index is -0.659. The summed E-state index contributed by atoms with van der Waals surface area (Å²) in [6, 6.07) is 10.1. The fourth-order valence-electron chi connectivity index (χ4n) is 5.04. The monoisotopic (exact) mass is 486 g/mol. The van der Waals surface area contributed by atoms with E-state index in [0.717, 1.165) is 55.6 Å². The highest BCUT2D eigenvalue weighted by Gasteiger charge is 2.26. The second-order valence-corrected chi connectivity index (χ2v) is 9.56. The Bertz CT molecular complexity index is 1130. The minimum Gasteiger partial charge on any atom is -0.385 e. The molecule has 3 heterocycles. The highest BCUT2D eigenvalue weighted by molar-refractivity contribution is 5.63. The normalized spacial score (nSPS) is 18.0. The van der Waals surface area contributed by atoms with E-state index in [1.165, 1.54) is 49.1 Å². The Morgan fingerprint density at radius 1 is 0.971 bits per heavy atom. The van der Waals surface area contributed by atoms with Gasteiger partial charge in [-0.15, -0.1) is 5.10 Å². The van der Waals surface area contributed by atoms with E-state index < -0.39 is 11.6 Å². The fraction of sp³-hybridized carbons (Fsp3) is 0.462. The van der Waals surface area contributed by atoms with Gasteiger partial charge in [0.15, 0.2) is 0 Å². The van der Waals surface area contributed by atoms with Gasteiger partial charge < -0.3 is 20.3 Å². The van der Waals surface area contributed by atoms with Crippen LogP contribution in [0.5, 0.6) is 0 Å². The molecule has 0 aliphatic carbocycles. The smallest absolute Gasteiger partial charge is 0.246 e. The Labute approximate surface area is 207 Å². The van der Waals surface area contributed by atoms with E-state index in [4.69, 9.17) is 4.74 Å². The summed E-state index contributed by atoms with van der Waals surface area (Å²) < 4.78 is 33.9. The predicted octanol–water partition coefficient (Wildman–Crippen LogP) is 5.39.